The van der Waals surface area contributed by atoms with Crippen LogP contribution in [0.3, 0.4) is 0 Å². The highest BCUT2D eigenvalue weighted by Crippen LogP contribution is 2.23. The highest BCUT2D eigenvalue weighted by atomic mass is 16.5. The normalized spacial score (nSPS) is 15.3. The van der Waals surface area contributed by atoms with E-state index in [0.717, 1.165) is 5.69 Å². The van der Waals surface area contributed by atoms with Gasteiger partial charge >= 0.3 is 5.97 Å². The summed E-state index contributed by atoms with van der Waals surface area (Å²) in [5.41, 5.74) is 0.972. The molecule has 2 aromatic rings. The predicted octanol–water partition coefficient (Wildman–Crippen LogP) is 1.02. The monoisotopic (exact) mass is 374 g/mol. The van der Waals surface area contributed by atoms with E-state index in [9.17, 15) is 9.59 Å². The van der Waals surface area contributed by atoms with E-state index < -0.39 is 0 Å². The van der Waals surface area contributed by atoms with Gasteiger partial charge in [-0.15, -0.1) is 5.10 Å². The lowest BCUT2D eigenvalue weighted by Crippen LogP contribution is -2.49. The lowest BCUT2D eigenvalue weighted by atomic mass is 9.92. The summed E-state index contributed by atoms with van der Waals surface area (Å²) in [6, 6.07) is 1.96. The smallest absolute Gasteiger partial charge is 0.306 e. The molecular weight excluding hydrogens is 348 g/mol. The maximum Gasteiger partial charge on any atom is 0.306 e. The Balaban J connectivity index is 1.66. The van der Waals surface area contributed by atoms with Crippen LogP contribution in [0.5, 0.6) is 0 Å². The molecule has 0 N–H and O–H groups in total. The zero-order chi connectivity index (χ0) is 19.6. The number of anilines is 1. The molecule has 9 nitrogen and oxygen atoms in total. The topological polar surface area (TPSA) is 92.9 Å². The SMILES string of the molecule is COC(=O)CCC(=O)N1CCN(c2nc3nccc(C(C)(C)C)n3n2)CC1. The van der Waals surface area contributed by atoms with Crippen LogP contribution in [0, 0.1) is 0 Å². The van der Waals surface area contributed by atoms with Gasteiger partial charge < -0.3 is 14.5 Å². The average molecular weight is 374 g/mol. The second-order valence-corrected chi connectivity index (χ2v) is 7.65. The number of aromatic nitrogens is 4. The third-order valence-electron chi connectivity index (χ3n) is 4.68. The van der Waals surface area contributed by atoms with E-state index in [-0.39, 0.29) is 30.1 Å². The van der Waals surface area contributed by atoms with Gasteiger partial charge in [0.1, 0.15) is 0 Å². The maximum atomic E-state index is 12.2. The summed E-state index contributed by atoms with van der Waals surface area (Å²) >= 11 is 0. The van der Waals surface area contributed by atoms with Crippen LogP contribution >= 0.6 is 0 Å². The van der Waals surface area contributed by atoms with Crippen molar-refractivity contribution in [3.63, 3.8) is 0 Å². The molecule has 0 unspecified atom stereocenters. The molecule has 3 rings (SSSR count). The van der Waals surface area contributed by atoms with E-state index in [1.165, 1.54) is 7.11 Å². The fraction of sp³-hybridized carbons (Fsp3) is 0.611. The number of esters is 1. The van der Waals surface area contributed by atoms with Crippen molar-refractivity contribution in [2.24, 2.45) is 0 Å². The minimum absolute atomic E-state index is 0.0281. The number of amides is 1. The third-order valence-corrected chi connectivity index (χ3v) is 4.68. The van der Waals surface area contributed by atoms with E-state index in [1.54, 1.807) is 15.6 Å². The standard InChI is InChI=1S/C18H26N6O3/c1-18(2,3)13-7-8-19-16-20-17(21-24(13)16)23-11-9-22(10-12-23)14(25)5-6-15(26)27-4/h7-8H,5-6,9-12H2,1-4H3. The minimum Gasteiger partial charge on any atom is -0.469 e. The molecule has 1 fully saturated rings. The summed E-state index contributed by atoms with van der Waals surface area (Å²) in [7, 11) is 1.33. The Kier molecular flexibility index (Phi) is 5.29. The second kappa shape index (κ2) is 7.50. The molecule has 146 valence electrons. The van der Waals surface area contributed by atoms with Crippen LogP contribution in [0.25, 0.3) is 5.78 Å². The first-order valence-electron chi connectivity index (χ1n) is 9.11. The molecule has 0 radical (unpaired) electrons. The van der Waals surface area contributed by atoms with Crippen molar-refractivity contribution in [3.8, 4) is 0 Å². The van der Waals surface area contributed by atoms with Crippen LogP contribution < -0.4 is 4.90 Å². The summed E-state index contributed by atoms with van der Waals surface area (Å²) < 4.78 is 6.38. The predicted molar refractivity (Wildman–Crippen MR) is 99.5 cm³/mol. The first kappa shape index (κ1) is 19.1. The van der Waals surface area contributed by atoms with Gasteiger partial charge in [0.15, 0.2) is 0 Å². The first-order valence-corrected chi connectivity index (χ1v) is 9.11. The van der Waals surface area contributed by atoms with Crippen molar-refractivity contribution in [2.45, 2.75) is 39.0 Å². The van der Waals surface area contributed by atoms with Crippen molar-refractivity contribution in [1.82, 2.24) is 24.5 Å². The van der Waals surface area contributed by atoms with Gasteiger partial charge in [0, 0.05) is 44.2 Å². The number of rotatable bonds is 4. The lowest BCUT2D eigenvalue weighted by Gasteiger charge is -2.34. The van der Waals surface area contributed by atoms with Crippen molar-refractivity contribution < 1.29 is 14.3 Å². The van der Waals surface area contributed by atoms with E-state index >= 15 is 0 Å². The highest BCUT2D eigenvalue weighted by Gasteiger charge is 2.25. The Morgan fingerprint density at radius 1 is 1.15 bits per heavy atom. The van der Waals surface area contributed by atoms with Crippen LogP contribution in [0.4, 0.5) is 5.95 Å². The molecule has 1 saturated heterocycles. The lowest BCUT2D eigenvalue weighted by molar-refractivity contribution is -0.143. The summed E-state index contributed by atoms with van der Waals surface area (Å²) in [4.78, 5) is 36.1. The largest absolute Gasteiger partial charge is 0.469 e. The van der Waals surface area contributed by atoms with E-state index in [1.807, 2.05) is 6.07 Å². The van der Waals surface area contributed by atoms with E-state index in [4.69, 9.17) is 0 Å². The molecule has 0 aliphatic carbocycles. The van der Waals surface area contributed by atoms with Crippen LogP contribution in [-0.2, 0) is 19.7 Å². The number of nitrogens with zero attached hydrogens (tertiary/aromatic N) is 6. The van der Waals surface area contributed by atoms with Gasteiger partial charge in [-0.05, 0) is 6.07 Å². The number of fused-ring (bicyclic) bond motifs is 1. The van der Waals surface area contributed by atoms with Crippen molar-refractivity contribution in [1.29, 1.82) is 0 Å². The summed E-state index contributed by atoms with van der Waals surface area (Å²) in [5, 5.41) is 4.65. The van der Waals surface area contributed by atoms with Gasteiger partial charge in [-0.2, -0.15) is 9.50 Å². The summed E-state index contributed by atoms with van der Waals surface area (Å²) in [5.74, 6) is 0.813. The van der Waals surface area contributed by atoms with Crippen molar-refractivity contribution in [3.05, 3.63) is 18.0 Å². The molecule has 1 amide bonds. The van der Waals surface area contributed by atoms with Gasteiger partial charge in [-0.1, -0.05) is 20.8 Å². The van der Waals surface area contributed by atoms with Gasteiger partial charge in [-0.3, -0.25) is 9.59 Å². The molecule has 0 saturated carbocycles. The molecule has 9 heteroatoms. The number of carbonyl (C=O) groups is 2. The molecule has 0 bridgehead atoms. The molecular formula is C18H26N6O3. The Labute approximate surface area is 158 Å². The molecule has 0 atom stereocenters. The minimum atomic E-state index is -0.363. The van der Waals surface area contributed by atoms with Gasteiger partial charge in [-0.25, -0.2) is 4.98 Å². The maximum absolute atomic E-state index is 12.2. The number of piperazine rings is 1. The summed E-state index contributed by atoms with van der Waals surface area (Å²) in [6.45, 7) is 8.83. The van der Waals surface area contributed by atoms with Crippen molar-refractivity contribution >= 4 is 23.6 Å². The Hall–Kier alpha value is -2.71. The molecule has 1 aliphatic rings. The fourth-order valence-electron chi connectivity index (χ4n) is 3.11. The quantitative estimate of drug-likeness (QED) is 0.738. The Morgan fingerprint density at radius 2 is 1.85 bits per heavy atom. The van der Waals surface area contributed by atoms with Crippen LogP contribution in [-0.4, -0.2) is 69.6 Å². The number of methoxy groups -OCH3 is 1. The zero-order valence-electron chi connectivity index (χ0n) is 16.3. The van der Waals surface area contributed by atoms with Crippen LogP contribution in [0.2, 0.25) is 0 Å². The molecule has 3 heterocycles. The summed E-state index contributed by atoms with van der Waals surface area (Å²) in [6.07, 6.45) is 2.05. The molecule has 1 aliphatic heterocycles. The molecule has 0 aromatic carbocycles. The van der Waals surface area contributed by atoms with Crippen molar-refractivity contribution in [2.75, 3.05) is 38.2 Å². The number of carbonyl (C=O) groups excluding carboxylic acids is 2. The van der Waals surface area contributed by atoms with Gasteiger partial charge in [0.25, 0.3) is 5.78 Å². The van der Waals surface area contributed by atoms with Gasteiger partial charge in [0.2, 0.25) is 11.9 Å². The second-order valence-electron chi connectivity index (χ2n) is 7.65. The number of hydrogen-bond donors (Lipinski definition) is 0. The van der Waals surface area contributed by atoms with E-state index in [0.29, 0.717) is 37.9 Å². The molecule has 0 spiro atoms. The van der Waals surface area contributed by atoms with Gasteiger partial charge in [0.05, 0.1) is 19.2 Å². The Bertz CT molecular complexity index is 833. The number of hydrogen-bond acceptors (Lipinski definition) is 7. The molecule has 2 aromatic heterocycles. The highest BCUT2D eigenvalue weighted by molar-refractivity contribution is 5.81. The average Bonchev–Trinajstić information content (AvgIpc) is 3.09. The Morgan fingerprint density at radius 3 is 2.48 bits per heavy atom. The van der Waals surface area contributed by atoms with Crippen LogP contribution in [0.1, 0.15) is 39.3 Å². The fourth-order valence-corrected chi connectivity index (χ4v) is 3.11. The van der Waals surface area contributed by atoms with Crippen LogP contribution in [0.15, 0.2) is 12.3 Å². The number of ether oxygens (including phenoxy) is 1. The first-order chi connectivity index (χ1) is 12.8. The zero-order valence-corrected chi connectivity index (χ0v) is 16.3. The third kappa shape index (κ3) is 4.17. The van der Waals surface area contributed by atoms with E-state index in [2.05, 4.69) is 45.5 Å². The molecule has 27 heavy (non-hydrogen) atoms.